The number of carbonyl (C=O) groups excluding carboxylic acids is 1. The zero-order valence-corrected chi connectivity index (χ0v) is 17.1. The number of piperidine rings is 1. The number of likely N-dealkylation sites (tertiary alicyclic amines) is 1. The molecule has 3 heterocycles. The van der Waals surface area contributed by atoms with Crippen LogP contribution in [0.1, 0.15) is 23.5 Å². The Morgan fingerprint density at radius 3 is 2.86 bits per heavy atom. The van der Waals surface area contributed by atoms with Gasteiger partial charge in [-0.3, -0.25) is 4.79 Å². The maximum atomic E-state index is 12.7. The molecule has 2 fully saturated rings. The van der Waals surface area contributed by atoms with Crippen LogP contribution in [0.3, 0.4) is 0 Å². The van der Waals surface area contributed by atoms with Gasteiger partial charge < -0.3 is 19.1 Å². The lowest BCUT2D eigenvalue weighted by Gasteiger charge is -2.34. The summed E-state index contributed by atoms with van der Waals surface area (Å²) in [5, 5.41) is 3.46. The van der Waals surface area contributed by atoms with Gasteiger partial charge in [-0.1, -0.05) is 11.6 Å². The van der Waals surface area contributed by atoms with Crippen LogP contribution in [-0.4, -0.2) is 48.4 Å². The van der Waals surface area contributed by atoms with Crippen molar-refractivity contribution in [3.8, 4) is 5.75 Å². The van der Waals surface area contributed by atoms with E-state index in [1.807, 2.05) is 22.4 Å². The summed E-state index contributed by atoms with van der Waals surface area (Å²) in [6.07, 6.45) is 2.18. The number of aromatic nitrogens is 1. The van der Waals surface area contributed by atoms with Gasteiger partial charge in [0.15, 0.2) is 6.29 Å². The van der Waals surface area contributed by atoms with Crippen molar-refractivity contribution in [1.82, 2.24) is 9.88 Å². The van der Waals surface area contributed by atoms with Gasteiger partial charge in [-0.15, -0.1) is 11.3 Å². The normalized spacial score (nSPS) is 20.5. The Hall–Kier alpha value is -1.67. The Balaban J connectivity index is 1.28. The molecular formula is C20H23ClN2O4S. The quantitative estimate of drug-likeness (QED) is 0.712. The van der Waals surface area contributed by atoms with Crippen LogP contribution in [0, 0.1) is 5.92 Å². The average molecular weight is 423 g/mol. The summed E-state index contributed by atoms with van der Waals surface area (Å²) in [5.41, 5.74) is 0.792. The Morgan fingerprint density at radius 1 is 1.29 bits per heavy atom. The summed E-state index contributed by atoms with van der Waals surface area (Å²) in [4.78, 5) is 19.2. The minimum Gasteiger partial charge on any atom is -0.486 e. The molecule has 0 aliphatic carbocycles. The number of nitrogens with zero attached hydrogens (tertiary/aromatic N) is 2. The number of amides is 1. The average Bonchev–Trinajstić information content (AvgIpc) is 3.40. The van der Waals surface area contributed by atoms with Crippen molar-refractivity contribution in [2.75, 3.05) is 26.3 Å². The molecule has 150 valence electrons. The molecule has 1 aromatic heterocycles. The van der Waals surface area contributed by atoms with Gasteiger partial charge in [-0.05, 0) is 37.1 Å². The highest BCUT2D eigenvalue weighted by Crippen LogP contribution is 2.25. The van der Waals surface area contributed by atoms with E-state index in [2.05, 4.69) is 4.98 Å². The third-order valence-corrected chi connectivity index (χ3v) is 6.07. The van der Waals surface area contributed by atoms with Crippen LogP contribution in [0.25, 0.3) is 0 Å². The Labute approximate surface area is 173 Å². The molecule has 0 N–H and O–H groups in total. The molecule has 0 bridgehead atoms. The number of halogens is 1. The highest BCUT2D eigenvalue weighted by atomic mass is 35.5. The molecule has 28 heavy (non-hydrogen) atoms. The summed E-state index contributed by atoms with van der Waals surface area (Å²) >= 11 is 7.38. The molecule has 1 atom stereocenters. The number of hydrogen-bond acceptors (Lipinski definition) is 6. The Kier molecular flexibility index (Phi) is 6.47. The van der Waals surface area contributed by atoms with Crippen molar-refractivity contribution in [2.45, 2.75) is 32.2 Å². The van der Waals surface area contributed by atoms with E-state index in [-0.39, 0.29) is 18.1 Å². The van der Waals surface area contributed by atoms with E-state index in [0.29, 0.717) is 37.8 Å². The van der Waals surface area contributed by atoms with Gasteiger partial charge in [-0.25, -0.2) is 4.98 Å². The first kappa shape index (κ1) is 19.6. The van der Waals surface area contributed by atoms with Crippen molar-refractivity contribution in [3.63, 3.8) is 0 Å². The molecule has 1 aromatic carbocycles. The van der Waals surface area contributed by atoms with Gasteiger partial charge in [0, 0.05) is 29.4 Å². The Bertz CT molecular complexity index is 792. The van der Waals surface area contributed by atoms with E-state index >= 15 is 0 Å². The van der Waals surface area contributed by atoms with Crippen LogP contribution >= 0.6 is 22.9 Å². The number of benzene rings is 1. The molecule has 1 unspecified atom stereocenters. The number of rotatable bonds is 6. The first-order chi connectivity index (χ1) is 13.7. The molecule has 6 nitrogen and oxygen atoms in total. The molecule has 0 radical (unpaired) electrons. The fraction of sp³-hybridized carbons (Fsp3) is 0.500. The van der Waals surface area contributed by atoms with Crippen LogP contribution in [0.2, 0.25) is 5.02 Å². The first-order valence-electron chi connectivity index (χ1n) is 9.50. The minimum absolute atomic E-state index is 0.109. The van der Waals surface area contributed by atoms with Crippen LogP contribution in [-0.2, 0) is 27.3 Å². The number of thiazole rings is 1. The molecule has 4 rings (SSSR count). The zero-order valence-electron chi connectivity index (χ0n) is 15.5. The van der Waals surface area contributed by atoms with Gasteiger partial charge in [0.2, 0.25) is 5.91 Å². The second kappa shape index (κ2) is 9.22. The molecule has 2 saturated heterocycles. The topological polar surface area (TPSA) is 60.9 Å². The monoisotopic (exact) mass is 422 g/mol. The van der Waals surface area contributed by atoms with Gasteiger partial charge in [-0.2, -0.15) is 0 Å². The third kappa shape index (κ3) is 5.03. The first-order valence-corrected chi connectivity index (χ1v) is 10.8. The summed E-state index contributed by atoms with van der Waals surface area (Å²) in [5.74, 6) is 1.12. The largest absolute Gasteiger partial charge is 0.486 e. The second-order valence-corrected chi connectivity index (χ2v) is 8.38. The summed E-state index contributed by atoms with van der Waals surface area (Å²) < 4.78 is 17.0. The van der Waals surface area contributed by atoms with Crippen molar-refractivity contribution in [3.05, 3.63) is 45.4 Å². The standard InChI is InChI=1S/C20H23ClN2O4S/c21-15-3-5-17(6-4-15)27-12-18-22-16(13-28-18)10-19(24)23-7-1-2-14(11-23)20-25-8-9-26-20/h3-6,13-14,20H,1-2,7-12H2. The van der Waals surface area contributed by atoms with E-state index in [1.54, 1.807) is 12.1 Å². The molecule has 2 aromatic rings. The lowest BCUT2D eigenvalue weighted by molar-refractivity contribution is -0.138. The molecule has 8 heteroatoms. The smallest absolute Gasteiger partial charge is 0.228 e. The van der Waals surface area contributed by atoms with Gasteiger partial charge in [0.1, 0.15) is 17.4 Å². The third-order valence-electron chi connectivity index (χ3n) is 4.95. The number of carbonyl (C=O) groups is 1. The summed E-state index contributed by atoms with van der Waals surface area (Å²) in [6, 6.07) is 7.22. The number of ether oxygens (including phenoxy) is 3. The fourth-order valence-electron chi connectivity index (χ4n) is 3.55. The maximum Gasteiger partial charge on any atom is 0.228 e. The summed E-state index contributed by atoms with van der Waals surface area (Å²) in [6.45, 7) is 3.16. The van der Waals surface area contributed by atoms with E-state index in [4.69, 9.17) is 25.8 Å². The van der Waals surface area contributed by atoms with E-state index in [0.717, 1.165) is 35.8 Å². The molecule has 1 amide bonds. The summed E-state index contributed by atoms with van der Waals surface area (Å²) in [7, 11) is 0. The van der Waals surface area contributed by atoms with Crippen molar-refractivity contribution < 1.29 is 19.0 Å². The molecule has 2 aliphatic heterocycles. The van der Waals surface area contributed by atoms with Gasteiger partial charge in [0.05, 0.1) is 25.3 Å². The molecular weight excluding hydrogens is 400 g/mol. The predicted octanol–water partition coefficient (Wildman–Crippen LogP) is 3.53. The van der Waals surface area contributed by atoms with E-state index in [1.165, 1.54) is 11.3 Å². The highest BCUT2D eigenvalue weighted by molar-refractivity contribution is 7.09. The lowest BCUT2D eigenvalue weighted by Crippen LogP contribution is -2.44. The van der Waals surface area contributed by atoms with Crippen molar-refractivity contribution in [1.29, 1.82) is 0 Å². The molecule has 0 spiro atoms. The van der Waals surface area contributed by atoms with Crippen LogP contribution in [0.5, 0.6) is 5.75 Å². The number of hydrogen-bond donors (Lipinski definition) is 0. The molecule has 0 saturated carbocycles. The Morgan fingerprint density at radius 2 is 2.07 bits per heavy atom. The van der Waals surface area contributed by atoms with Gasteiger partial charge in [0.25, 0.3) is 0 Å². The van der Waals surface area contributed by atoms with Crippen molar-refractivity contribution >= 4 is 28.8 Å². The van der Waals surface area contributed by atoms with Crippen molar-refractivity contribution in [2.24, 2.45) is 5.92 Å². The van der Waals surface area contributed by atoms with E-state index in [9.17, 15) is 4.79 Å². The second-order valence-electron chi connectivity index (χ2n) is 7.00. The van der Waals surface area contributed by atoms with Crippen LogP contribution in [0.15, 0.2) is 29.6 Å². The van der Waals surface area contributed by atoms with E-state index < -0.39 is 0 Å². The lowest BCUT2D eigenvalue weighted by atomic mass is 9.97. The SMILES string of the molecule is O=C(Cc1csc(COc2ccc(Cl)cc2)n1)N1CCCC(C2OCCO2)C1. The van der Waals surface area contributed by atoms with Gasteiger partial charge >= 0.3 is 0 Å². The fourth-order valence-corrected chi connectivity index (χ4v) is 4.38. The maximum absolute atomic E-state index is 12.7. The van der Waals surface area contributed by atoms with Crippen LogP contribution < -0.4 is 4.74 Å². The highest BCUT2D eigenvalue weighted by Gasteiger charge is 2.32. The zero-order chi connectivity index (χ0) is 19.3. The minimum atomic E-state index is -0.161. The van der Waals surface area contributed by atoms with Crippen LogP contribution in [0.4, 0.5) is 0 Å². The predicted molar refractivity (Wildman–Crippen MR) is 107 cm³/mol. The molecule has 2 aliphatic rings.